The summed E-state index contributed by atoms with van der Waals surface area (Å²) >= 11 is 0. The Bertz CT molecular complexity index is 968. The van der Waals surface area contributed by atoms with E-state index in [9.17, 15) is 22.8 Å². The lowest BCUT2D eigenvalue weighted by Gasteiger charge is -2.07. The van der Waals surface area contributed by atoms with Gasteiger partial charge in [0.05, 0.1) is 11.3 Å². The van der Waals surface area contributed by atoms with Gasteiger partial charge in [-0.2, -0.15) is 13.2 Å². The van der Waals surface area contributed by atoms with Gasteiger partial charge in [0.1, 0.15) is 5.56 Å². The lowest BCUT2D eigenvalue weighted by molar-refractivity contribution is -0.137. The van der Waals surface area contributed by atoms with Crippen molar-refractivity contribution in [1.82, 2.24) is 9.78 Å². The van der Waals surface area contributed by atoms with E-state index < -0.39 is 23.1 Å². The molecule has 1 aromatic heterocycles. The van der Waals surface area contributed by atoms with Crippen LogP contribution in [0.3, 0.4) is 0 Å². The summed E-state index contributed by atoms with van der Waals surface area (Å²) in [6.07, 6.45) is -4.45. The van der Waals surface area contributed by atoms with Gasteiger partial charge in [0.2, 0.25) is 0 Å². The van der Waals surface area contributed by atoms with E-state index in [1.54, 1.807) is 37.3 Å². The number of halogens is 3. The molecule has 0 bridgehead atoms. The Morgan fingerprint density at radius 2 is 1.60 bits per heavy atom. The number of rotatable bonds is 3. The minimum absolute atomic E-state index is 0.0360. The van der Waals surface area contributed by atoms with Gasteiger partial charge < -0.3 is 0 Å². The van der Waals surface area contributed by atoms with Crippen molar-refractivity contribution in [3.05, 3.63) is 87.3 Å². The van der Waals surface area contributed by atoms with Crippen molar-refractivity contribution in [2.75, 3.05) is 0 Å². The summed E-state index contributed by atoms with van der Waals surface area (Å²) in [5.74, 6) is -0.440. The molecule has 0 spiro atoms. The fourth-order valence-corrected chi connectivity index (χ4v) is 2.53. The fraction of sp³-hybridized carbons (Fsp3) is 0.111. The predicted octanol–water partition coefficient (Wildman–Crippen LogP) is 3.72. The molecule has 0 aliphatic heterocycles. The zero-order chi connectivity index (χ0) is 18.2. The first kappa shape index (κ1) is 16.8. The molecule has 7 heteroatoms. The van der Waals surface area contributed by atoms with Crippen molar-refractivity contribution in [3.8, 4) is 5.69 Å². The van der Waals surface area contributed by atoms with E-state index in [1.165, 1.54) is 12.1 Å². The van der Waals surface area contributed by atoms with E-state index in [2.05, 4.69) is 5.10 Å². The van der Waals surface area contributed by atoms with Crippen molar-refractivity contribution in [3.63, 3.8) is 0 Å². The first-order valence-electron chi connectivity index (χ1n) is 7.38. The van der Waals surface area contributed by atoms with Crippen LogP contribution in [-0.4, -0.2) is 15.6 Å². The number of aromatic amines is 1. The van der Waals surface area contributed by atoms with Crippen molar-refractivity contribution in [1.29, 1.82) is 0 Å². The average molecular weight is 346 g/mol. The lowest BCUT2D eigenvalue weighted by atomic mass is 10.0. The Morgan fingerprint density at radius 1 is 1.00 bits per heavy atom. The maximum Gasteiger partial charge on any atom is 0.416 e. The van der Waals surface area contributed by atoms with Gasteiger partial charge in [-0.3, -0.25) is 14.7 Å². The molecule has 2 aromatic carbocycles. The molecule has 1 heterocycles. The van der Waals surface area contributed by atoms with Crippen LogP contribution in [0, 0.1) is 6.92 Å². The third kappa shape index (κ3) is 3.13. The van der Waals surface area contributed by atoms with E-state index in [4.69, 9.17) is 0 Å². The standard InChI is InChI=1S/C18H13F3N2O2/c1-11-15(16(24)12-5-3-2-4-6-12)17(25)23(22-11)14-9-7-13(8-10-14)18(19,20)21/h2-10,22H,1H3. The number of alkyl halides is 3. The Labute approximate surface area is 140 Å². The number of hydrogen-bond acceptors (Lipinski definition) is 2. The Balaban J connectivity index is 2.03. The van der Waals surface area contributed by atoms with Crippen LogP contribution in [0.4, 0.5) is 13.2 Å². The van der Waals surface area contributed by atoms with Gasteiger partial charge in [-0.25, -0.2) is 4.68 Å². The van der Waals surface area contributed by atoms with Crippen LogP contribution in [0.25, 0.3) is 5.69 Å². The highest BCUT2D eigenvalue weighted by Gasteiger charge is 2.30. The molecule has 0 saturated carbocycles. The van der Waals surface area contributed by atoms with Crippen LogP contribution < -0.4 is 5.56 Å². The van der Waals surface area contributed by atoms with E-state index in [-0.39, 0.29) is 11.3 Å². The number of H-pyrrole nitrogens is 1. The third-order valence-electron chi connectivity index (χ3n) is 3.79. The molecule has 3 rings (SSSR count). The number of carbonyl (C=O) groups is 1. The third-order valence-corrected chi connectivity index (χ3v) is 3.79. The van der Waals surface area contributed by atoms with E-state index in [1.807, 2.05) is 0 Å². The quantitative estimate of drug-likeness (QED) is 0.735. The van der Waals surface area contributed by atoms with Crippen LogP contribution in [0.2, 0.25) is 0 Å². The molecule has 0 unspecified atom stereocenters. The highest BCUT2D eigenvalue weighted by atomic mass is 19.4. The molecule has 3 aromatic rings. The van der Waals surface area contributed by atoms with Crippen LogP contribution >= 0.6 is 0 Å². The maximum atomic E-state index is 12.6. The van der Waals surface area contributed by atoms with Crippen LogP contribution in [0.5, 0.6) is 0 Å². The Hall–Kier alpha value is -3.09. The van der Waals surface area contributed by atoms with Gasteiger partial charge >= 0.3 is 6.18 Å². The molecule has 1 N–H and O–H groups in total. The number of aryl methyl sites for hydroxylation is 1. The summed E-state index contributed by atoms with van der Waals surface area (Å²) in [6.45, 7) is 1.57. The zero-order valence-corrected chi connectivity index (χ0v) is 13.1. The summed E-state index contributed by atoms with van der Waals surface area (Å²) < 4.78 is 39.0. The first-order chi connectivity index (χ1) is 11.8. The number of hydrogen-bond donors (Lipinski definition) is 1. The maximum absolute atomic E-state index is 12.6. The van der Waals surface area contributed by atoms with Crippen LogP contribution in [-0.2, 0) is 6.18 Å². The molecular formula is C18H13F3N2O2. The van der Waals surface area contributed by atoms with E-state index in [0.29, 0.717) is 11.3 Å². The molecule has 0 radical (unpaired) electrons. The van der Waals surface area contributed by atoms with Gasteiger partial charge in [-0.15, -0.1) is 0 Å². The second-order valence-electron chi connectivity index (χ2n) is 5.49. The number of ketones is 1. The Morgan fingerprint density at radius 3 is 2.16 bits per heavy atom. The molecule has 0 amide bonds. The number of aromatic nitrogens is 2. The minimum atomic E-state index is -4.45. The average Bonchev–Trinajstić information content (AvgIpc) is 2.89. The second kappa shape index (κ2) is 6.08. The molecule has 0 fully saturated rings. The number of carbonyl (C=O) groups excluding carboxylic acids is 1. The van der Waals surface area contributed by atoms with Crippen molar-refractivity contribution in [2.45, 2.75) is 13.1 Å². The summed E-state index contributed by atoms with van der Waals surface area (Å²) in [5.41, 5.74) is -0.529. The van der Waals surface area contributed by atoms with Crippen LogP contribution in [0.15, 0.2) is 59.4 Å². The van der Waals surface area contributed by atoms with E-state index in [0.717, 1.165) is 16.8 Å². The topological polar surface area (TPSA) is 54.9 Å². The highest BCUT2D eigenvalue weighted by molar-refractivity contribution is 6.09. The molecule has 0 aliphatic rings. The smallest absolute Gasteiger partial charge is 0.295 e. The minimum Gasteiger partial charge on any atom is -0.295 e. The number of nitrogens with one attached hydrogen (secondary N) is 1. The molecule has 0 atom stereocenters. The SMILES string of the molecule is Cc1[nH]n(-c2ccc(C(F)(F)F)cc2)c(=O)c1C(=O)c1ccccc1. The lowest BCUT2D eigenvalue weighted by Crippen LogP contribution is -2.21. The first-order valence-corrected chi connectivity index (χ1v) is 7.38. The van der Waals surface area contributed by atoms with Gasteiger partial charge in [-0.05, 0) is 31.2 Å². The summed E-state index contributed by atoms with van der Waals surface area (Å²) in [6, 6.07) is 12.4. The summed E-state index contributed by atoms with van der Waals surface area (Å²) in [7, 11) is 0. The monoisotopic (exact) mass is 346 g/mol. The van der Waals surface area contributed by atoms with Gasteiger partial charge in [0.25, 0.3) is 5.56 Å². The summed E-state index contributed by atoms with van der Waals surface area (Å²) in [4.78, 5) is 25.1. The largest absolute Gasteiger partial charge is 0.416 e. The fourth-order valence-electron chi connectivity index (χ4n) is 2.53. The van der Waals surface area contributed by atoms with Crippen molar-refractivity contribution in [2.24, 2.45) is 0 Å². The molecule has 0 saturated heterocycles. The zero-order valence-electron chi connectivity index (χ0n) is 13.1. The van der Waals surface area contributed by atoms with Gasteiger partial charge in [0, 0.05) is 11.3 Å². The van der Waals surface area contributed by atoms with Crippen molar-refractivity contribution < 1.29 is 18.0 Å². The summed E-state index contributed by atoms with van der Waals surface area (Å²) in [5, 5.41) is 2.74. The number of nitrogens with zero attached hydrogens (tertiary/aromatic N) is 1. The normalized spacial score (nSPS) is 11.5. The highest BCUT2D eigenvalue weighted by Crippen LogP contribution is 2.29. The number of benzene rings is 2. The van der Waals surface area contributed by atoms with Gasteiger partial charge in [0.15, 0.2) is 5.78 Å². The van der Waals surface area contributed by atoms with Crippen LogP contribution in [0.1, 0.15) is 27.2 Å². The van der Waals surface area contributed by atoms with Crippen molar-refractivity contribution >= 4 is 5.78 Å². The molecule has 128 valence electrons. The predicted molar refractivity (Wildman–Crippen MR) is 86.0 cm³/mol. The molecule has 0 aliphatic carbocycles. The molecule has 25 heavy (non-hydrogen) atoms. The second-order valence-corrected chi connectivity index (χ2v) is 5.49. The Kier molecular flexibility index (Phi) is 4.08. The van der Waals surface area contributed by atoms with Gasteiger partial charge in [-0.1, -0.05) is 30.3 Å². The van der Waals surface area contributed by atoms with E-state index >= 15 is 0 Å². The molecule has 4 nitrogen and oxygen atoms in total. The molecular weight excluding hydrogens is 333 g/mol.